The van der Waals surface area contributed by atoms with Crippen LogP contribution >= 0.6 is 0 Å². The van der Waals surface area contributed by atoms with E-state index in [2.05, 4.69) is 32.7 Å². The van der Waals surface area contributed by atoms with Crippen molar-refractivity contribution in [3.8, 4) is 0 Å². The molecule has 2 rings (SSSR count). The highest BCUT2D eigenvalue weighted by atomic mass is 16.4. The van der Waals surface area contributed by atoms with Gasteiger partial charge in [0, 0.05) is 11.3 Å². The van der Waals surface area contributed by atoms with Gasteiger partial charge in [-0.2, -0.15) is 0 Å². The molecular formula is C14H23NO. The first kappa shape index (κ1) is 11.7. The lowest BCUT2D eigenvalue weighted by Gasteiger charge is -2.24. The third-order valence-electron chi connectivity index (χ3n) is 3.58. The predicted octanol–water partition coefficient (Wildman–Crippen LogP) is 4.27. The lowest BCUT2D eigenvalue weighted by atomic mass is 9.82. The molecule has 1 fully saturated rings. The summed E-state index contributed by atoms with van der Waals surface area (Å²) >= 11 is 0. The molecule has 2 nitrogen and oxygen atoms in total. The molecule has 2 heteroatoms. The van der Waals surface area contributed by atoms with Crippen molar-refractivity contribution in [3.05, 3.63) is 17.8 Å². The highest BCUT2D eigenvalue weighted by molar-refractivity contribution is 5.07. The minimum atomic E-state index is 0.0280. The summed E-state index contributed by atoms with van der Waals surface area (Å²) in [5.74, 6) is 3.49. The van der Waals surface area contributed by atoms with Crippen molar-refractivity contribution in [3.63, 3.8) is 0 Å². The van der Waals surface area contributed by atoms with Crippen molar-refractivity contribution >= 4 is 0 Å². The van der Waals surface area contributed by atoms with Crippen LogP contribution < -0.4 is 0 Å². The Morgan fingerprint density at radius 3 is 2.31 bits per heavy atom. The van der Waals surface area contributed by atoms with Gasteiger partial charge in [0.1, 0.15) is 5.76 Å². The Kier molecular flexibility index (Phi) is 3.09. The van der Waals surface area contributed by atoms with Crippen molar-refractivity contribution in [1.82, 2.24) is 4.98 Å². The van der Waals surface area contributed by atoms with Crippen molar-refractivity contribution in [2.24, 2.45) is 5.92 Å². The van der Waals surface area contributed by atoms with Crippen LogP contribution in [-0.2, 0) is 5.41 Å². The molecule has 0 aliphatic heterocycles. The summed E-state index contributed by atoms with van der Waals surface area (Å²) in [5, 5.41) is 0. The fraction of sp³-hybridized carbons (Fsp3) is 0.786. The molecule has 90 valence electrons. The van der Waals surface area contributed by atoms with Crippen LogP contribution in [0.3, 0.4) is 0 Å². The first-order chi connectivity index (χ1) is 7.47. The van der Waals surface area contributed by atoms with Gasteiger partial charge in [-0.25, -0.2) is 4.98 Å². The number of nitrogens with zero attached hydrogens (tertiary/aromatic N) is 1. The van der Waals surface area contributed by atoms with Gasteiger partial charge in [-0.3, -0.25) is 0 Å². The highest BCUT2D eigenvalue weighted by Gasteiger charge is 2.25. The van der Waals surface area contributed by atoms with E-state index in [0.717, 1.165) is 17.6 Å². The molecule has 0 radical (unpaired) electrons. The Balaban J connectivity index is 2.08. The van der Waals surface area contributed by atoms with Gasteiger partial charge in [0.2, 0.25) is 0 Å². The van der Waals surface area contributed by atoms with E-state index in [1.54, 1.807) is 0 Å². The van der Waals surface area contributed by atoms with E-state index in [9.17, 15) is 0 Å². The molecule has 0 spiro atoms. The summed E-state index contributed by atoms with van der Waals surface area (Å²) in [6, 6.07) is 0. The fourth-order valence-electron chi connectivity index (χ4n) is 2.37. The molecule has 1 aliphatic rings. The molecule has 1 heterocycles. The molecule has 1 saturated carbocycles. The Bertz CT molecular complexity index is 340. The number of aromatic nitrogens is 1. The molecule has 16 heavy (non-hydrogen) atoms. The van der Waals surface area contributed by atoms with Crippen LogP contribution in [0.4, 0.5) is 0 Å². The fourth-order valence-corrected chi connectivity index (χ4v) is 2.37. The second kappa shape index (κ2) is 4.23. The lowest BCUT2D eigenvalue weighted by molar-refractivity contribution is 0.295. The maximum absolute atomic E-state index is 5.91. The van der Waals surface area contributed by atoms with E-state index in [1.807, 2.05) is 6.20 Å². The first-order valence-corrected chi connectivity index (χ1v) is 6.43. The minimum Gasteiger partial charge on any atom is -0.445 e. The van der Waals surface area contributed by atoms with Gasteiger partial charge in [0.15, 0.2) is 5.89 Å². The molecular weight excluding hydrogens is 198 g/mol. The highest BCUT2D eigenvalue weighted by Crippen LogP contribution is 2.36. The van der Waals surface area contributed by atoms with Crippen LogP contribution in [0.15, 0.2) is 10.6 Å². The largest absolute Gasteiger partial charge is 0.445 e. The number of rotatable bonds is 1. The van der Waals surface area contributed by atoms with E-state index in [-0.39, 0.29) is 5.41 Å². The first-order valence-electron chi connectivity index (χ1n) is 6.43. The Labute approximate surface area is 98.5 Å². The summed E-state index contributed by atoms with van der Waals surface area (Å²) in [6.07, 6.45) is 7.13. The van der Waals surface area contributed by atoms with E-state index in [1.165, 1.54) is 25.7 Å². The maximum Gasteiger partial charge on any atom is 0.199 e. The van der Waals surface area contributed by atoms with Crippen LogP contribution in [0.5, 0.6) is 0 Å². The van der Waals surface area contributed by atoms with E-state index < -0.39 is 0 Å². The zero-order valence-corrected chi connectivity index (χ0v) is 10.9. The van der Waals surface area contributed by atoms with E-state index >= 15 is 0 Å². The van der Waals surface area contributed by atoms with Crippen molar-refractivity contribution in [1.29, 1.82) is 0 Å². The summed E-state index contributed by atoms with van der Waals surface area (Å²) in [7, 11) is 0. The van der Waals surface area contributed by atoms with Crippen LogP contribution in [-0.4, -0.2) is 4.98 Å². The molecule has 0 atom stereocenters. The Morgan fingerprint density at radius 2 is 1.81 bits per heavy atom. The molecule has 1 aromatic heterocycles. The average Bonchev–Trinajstić information content (AvgIpc) is 2.67. The average molecular weight is 221 g/mol. The second-order valence-corrected chi connectivity index (χ2v) is 6.27. The molecule has 0 saturated heterocycles. The summed E-state index contributed by atoms with van der Waals surface area (Å²) in [5.41, 5.74) is 0.0280. The van der Waals surface area contributed by atoms with Crippen LogP contribution in [0.2, 0.25) is 0 Å². The summed E-state index contributed by atoms with van der Waals surface area (Å²) in [6.45, 7) is 8.78. The van der Waals surface area contributed by atoms with Crippen LogP contribution in [0.1, 0.15) is 70.9 Å². The molecule has 0 aromatic carbocycles. The van der Waals surface area contributed by atoms with Gasteiger partial charge in [-0.15, -0.1) is 0 Å². The molecule has 0 amide bonds. The molecule has 1 aromatic rings. The van der Waals surface area contributed by atoms with Gasteiger partial charge in [-0.05, 0) is 18.8 Å². The third kappa shape index (κ3) is 2.47. The van der Waals surface area contributed by atoms with Gasteiger partial charge in [0.25, 0.3) is 0 Å². The SMILES string of the molecule is CC(C)(C)c1ncc([C@H]2CC[C@H](C)CC2)o1. The van der Waals surface area contributed by atoms with Crippen LogP contribution in [0, 0.1) is 5.92 Å². The quantitative estimate of drug-likeness (QED) is 0.708. The molecule has 0 unspecified atom stereocenters. The minimum absolute atomic E-state index is 0.0280. The zero-order valence-electron chi connectivity index (χ0n) is 10.9. The molecule has 0 bridgehead atoms. The molecule has 1 aliphatic carbocycles. The Hall–Kier alpha value is -0.790. The number of hydrogen-bond donors (Lipinski definition) is 0. The predicted molar refractivity (Wildman–Crippen MR) is 65.6 cm³/mol. The second-order valence-electron chi connectivity index (χ2n) is 6.27. The van der Waals surface area contributed by atoms with E-state index in [4.69, 9.17) is 4.42 Å². The lowest BCUT2D eigenvalue weighted by Crippen LogP contribution is -2.12. The van der Waals surface area contributed by atoms with Gasteiger partial charge >= 0.3 is 0 Å². The maximum atomic E-state index is 5.91. The van der Waals surface area contributed by atoms with Crippen molar-refractivity contribution < 1.29 is 4.42 Å². The molecule has 0 N–H and O–H groups in total. The Morgan fingerprint density at radius 1 is 1.19 bits per heavy atom. The third-order valence-corrected chi connectivity index (χ3v) is 3.58. The van der Waals surface area contributed by atoms with Crippen LogP contribution in [0.25, 0.3) is 0 Å². The summed E-state index contributed by atoms with van der Waals surface area (Å²) < 4.78 is 5.91. The normalized spacial score (nSPS) is 27.0. The van der Waals surface area contributed by atoms with Crippen molar-refractivity contribution in [2.75, 3.05) is 0 Å². The van der Waals surface area contributed by atoms with Crippen molar-refractivity contribution in [2.45, 2.75) is 64.7 Å². The number of oxazole rings is 1. The summed E-state index contributed by atoms with van der Waals surface area (Å²) in [4.78, 5) is 4.42. The number of hydrogen-bond acceptors (Lipinski definition) is 2. The monoisotopic (exact) mass is 221 g/mol. The standard InChI is InChI=1S/C14H23NO/c1-10-5-7-11(8-6-10)12-9-15-13(16-12)14(2,3)4/h9-11H,5-8H2,1-4H3/t10-,11-. The van der Waals surface area contributed by atoms with Gasteiger partial charge in [-0.1, -0.05) is 40.5 Å². The topological polar surface area (TPSA) is 26.0 Å². The van der Waals surface area contributed by atoms with Gasteiger partial charge < -0.3 is 4.42 Å². The van der Waals surface area contributed by atoms with Gasteiger partial charge in [0.05, 0.1) is 6.20 Å². The smallest absolute Gasteiger partial charge is 0.199 e. The van der Waals surface area contributed by atoms with E-state index in [0.29, 0.717) is 5.92 Å². The zero-order chi connectivity index (χ0) is 11.8.